The molecule has 1 fully saturated rings. The van der Waals surface area contributed by atoms with E-state index in [0.29, 0.717) is 18.4 Å². The SMILES string of the molecule is COc1ccc(C(C)NS(=O)(=O)C2CC2)cc1S(N)(=O)=O. The van der Waals surface area contributed by atoms with Gasteiger partial charge in [-0.3, -0.25) is 0 Å². The molecule has 1 atom stereocenters. The fraction of sp³-hybridized carbons (Fsp3) is 0.500. The molecule has 1 unspecified atom stereocenters. The van der Waals surface area contributed by atoms with E-state index in [9.17, 15) is 16.8 Å². The summed E-state index contributed by atoms with van der Waals surface area (Å²) < 4.78 is 54.4. The Bertz CT molecular complexity index is 739. The van der Waals surface area contributed by atoms with Crippen LogP contribution >= 0.6 is 0 Å². The third kappa shape index (κ3) is 3.73. The number of nitrogens with one attached hydrogen (secondary N) is 1. The molecule has 0 amide bonds. The molecular formula is C12H18N2O5S2. The molecule has 0 heterocycles. The number of primary sulfonamides is 1. The van der Waals surface area contributed by atoms with Crippen molar-refractivity contribution in [3.05, 3.63) is 23.8 Å². The van der Waals surface area contributed by atoms with Crippen molar-refractivity contribution in [2.45, 2.75) is 36.0 Å². The second kappa shape index (κ2) is 5.56. The first-order valence-corrected chi connectivity index (χ1v) is 9.46. The van der Waals surface area contributed by atoms with Crippen molar-refractivity contribution < 1.29 is 21.6 Å². The molecule has 0 radical (unpaired) electrons. The van der Waals surface area contributed by atoms with Crippen LogP contribution in [0.3, 0.4) is 0 Å². The highest BCUT2D eigenvalue weighted by molar-refractivity contribution is 7.90. The second-order valence-corrected chi connectivity index (χ2v) is 8.56. The van der Waals surface area contributed by atoms with E-state index in [1.807, 2.05) is 0 Å². The van der Waals surface area contributed by atoms with Crippen LogP contribution in [-0.4, -0.2) is 29.2 Å². The molecule has 0 aliphatic heterocycles. The molecule has 1 aromatic rings. The van der Waals surface area contributed by atoms with E-state index in [-0.39, 0.29) is 15.9 Å². The van der Waals surface area contributed by atoms with Crippen LogP contribution in [-0.2, 0) is 20.0 Å². The largest absolute Gasteiger partial charge is 0.495 e. The van der Waals surface area contributed by atoms with Gasteiger partial charge in [-0.1, -0.05) is 6.07 Å². The van der Waals surface area contributed by atoms with Crippen LogP contribution in [0.1, 0.15) is 31.4 Å². The third-order valence-electron chi connectivity index (χ3n) is 3.30. The number of ether oxygens (including phenoxy) is 1. The van der Waals surface area contributed by atoms with Crippen LogP contribution in [0.25, 0.3) is 0 Å². The van der Waals surface area contributed by atoms with Gasteiger partial charge >= 0.3 is 0 Å². The second-order valence-electron chi connectivity index (χ2n) is 5.04. The molecule has 21 heavy (non-hydrogen) atoms. The molecule has 118 valence electrons. The summed E-state index contributed by atoms with van der Waals surface area (Å²) in [6, 6.07) is 3.83. The Morgan fingerprint density at radius 2 is 1.90 bits per heavy atom. The first-order chi connectivity index (χ1) is 9.65. The molecule has 2 rings (SSSR count). The van der Waals surface area contributed by atoms with Gasteiger partial charge in [0.05, 0.1) is 12.4 Å². The summed E-state index contributed by atoms with van der Waals surface area (Å²) in [5.74, 6) is 0.124. The predicted octanol–water partition coefficient (Wildman–Crippen LogP) is 0.485. The van der Waals surface area contributed by atoms with Crippen molar-refractivity contribution in [3.63, 3.8) is 0 Å². The highest BCUT2D eigenvalue weighted by Crippen LogP contribution is 2.30. The van der Waals surface area contributed by atoms with Crippen molar-refractivity contribution in [1.29, 1.82) is 0 Å². The molecule has 0 spiro atoms. The predicted molar refractivity (Wildman–Crippen MR) is 77.9 cm³/mol. The minimum atomic E-state index is -3.95. The van der Waals surface area contributed by atoms with Gasteiger partial charge in [-0.05, 0) is 37.5 Å². The maximum absolute atomic E-state index is 11.9. The fourth-order valence-electron chi connectivity index (χ4n) is 1.97. The van der Waals surface area contributed by atoms with Crippen molar-refractivity contribution in [3.8, 4) is 5.75 Å². The van der Waals surface area contributed by atoms with Gasteiger partial charge in [0.1, 0.15) is 10.6 Å². The molecule has 1 saturated carbocycles. The van der Waals surface area contributed by atoms with Gasteiger partial charge in [0.25, 0.3) is 0 Å². The first-order valence-electron chi connectivity index (χ1n) is 6.37. The number of hydrogen-bond donors (Lipinski definition) is 2. The highest BCUT2D eigenvalue weighted by Gasteiger charge is 2.36. The molecule has 1 aromatic carbocycles. The van der Waals surface area contributed by atoms with Crippen LogP contribution in [0.2, 0.25) is 0 Å². The van der Waals surface area contributed by atoms with Crippen molar-refractivity contribution in [1.82, 2.24) is 4.72 Å². The van der Waals surface area contributed by atoms with Gasteiger partial charge in [-0.15, -0.1) is 0 Å². The molecule has 0 aromatic heterocycles. The summed E-state index contributed by atoms with van der Waals surface area (Å²) in [7, 11) is -5.98. The van der Waals surface area contributed by atoms with E-state index in [1.165, 1.54) is 19.2 Å². The summed E-state index contributed by atoms with van der Waals surface area (Å²) in [6.07, 6.45) is 1.32. The maximum Gasteiger partial charge on any atom is 0.241 e. The number of benzene rings is 1. The van der Waals surface area contributed by atoms with Crippen LogP contribution in [0.4, 0.5) is 0 Å². The van der Waals surface area contributed by atoms with E-state index in [1.54, 1.807) is 13.0 Å². The number of methoxy groups -OCH3 is 1. The van der Waals surface area contributed by atoms with Crippen LogP contribution in [0, 0.1) is 0 Å². The van der Waals surface area contributed by atoms with Crippen LogP contribution in [0.15, 0.2) is 23.1 Å². The third-order valence-corrected chi connectivity index (χ3v) is 6.26. The fourth-order valence-corrected chi connectivity index (χ4v) is 4.28. The number of sulfonamides is 2. The Kier molecular flexibility index (Phi) is 4.29. The maximum atomic E-state index is 11.9. The lowest BCUT2D eigenvalue weighted by molar-refractivity contribution is 0.402. The van der Waals surface area contributed by atoms with Gasteiger partial charge in [-0.25, -0.2) is 26.7 Å². The normalized spacial score (nSPS) is 17.5. The monoisotopic (exact) mass is 334 g/mol. The van der Waals surface area contributed by atoms with Gasteiger partial charge in [0.2, 0.25) is 20.0 Å². The summed E-state index contributed by atoms with van der Waals surface area (Å²) >= 11 is 0. The summed E-state index contributed by atoms with van der Waals surface area (Å²) in [6.45, 7) is 1.65. The minimum Gasteiger partial charge on any atom is -0.495 e. The molecule has 3 N–H and O–H groups in total. The molecule has 0 bridgehead atoms. The average molecular weight is 334 g/mol. The highest BCUT2D eigenvalue weighted by atomic mass is 32.2. The van der Waals surface area contributed by atoms with E-state index >= 15 is 0 Å². The molecule has 1 aliphatic rings. The Labute approximate surface area is 124 Å². The molecular weight excluding hydrogens is 316 g/mol. The lowest BCUT2D eigenvalue weighted by atomic mass is 10.1. The number of rotatable bonds is 6. The summed E-state index contributed by atoms with van der Waals surface area (Å²) in [4.78, 5) is -0.167. The Balaban J connectivity index is 2.32. The van der Waals surface area contributed by atoms with E-state index in [0.717, 1.165) is 0 Å². The van der Waals surface area contributed by atoms with Crippen molar-refractivity contribution >= 4 is 20.0 Å². The molecule has 0 saturated heterocycles. The van der Waals surface area contributed by atoms with E-state index in [2.05, 4.69) is 4.72 Å². The van der Waals surface area contributed by atoms with Gasteiger partial charge in [0.15, 0.2) is 0 Å². The van der Waals surface area contributed by atoms with Crippen LogP contribution in [0.5, 0.6) is 5.75 Å². The molecule has 9 heteroatoms. The minimum absolute atomic E-state index is 0.124. The quantitative estimate of drug-likeness (QED) is 0.785. The summed E-state index contributed by atoms with van der Waals surface area (Å²) in [5.41, 5.74) is 0.504. The molecule has 7 nitrogen and oxygen atoms in total. The van der Waals surface area contributed by atoms with Crippen molar-refractivity contribution in [2.24, 2.45) is 5.14 Å². The Morgan fingerprint density at radius 1 is 1.29 bits per heavy atom. The topological polar surface area (TPSA) is 116 Å². The van der Waals surface area contributed by atoms with E-state index < -0.39 is 26.1 Å². The lowest BCUT2D eigenvalue weighted by Gasteiger charge is -2.16. The molecule has 1 aliphatic carbocycles. The zero-order chi connectivity index (χ0) is 15.8. The van der Waals surface area contributed by atoms with Gasteiger partial charge in [-0.2, -0.15) is 0 Å². The number of nitrogens with two attached hydrogens (primary N) is 1. The summed E-state index contributed by atoms with van der Waals surface area (Å²) in [5, 5.41) is 4.80. The number of hydrogen-bond acceptors (Lipinski definition) is 5. The van der Waals surface area contributed by atoms with E-state index in [4.69, 9.17) is 9.88 Å². The Hall–Kier alpha value is -1.16. The first kappa shape index (κ1) is 16.2. The zero-order valence-corrected chi connectivity index (χ0v) is 13.4. The van der Waals surface area contributed by atoms with Gasteiger partial charge in [0, 0.05) is 6.04 Å². The Morgan fingerprint density at radius 3 is 2.38 bits per heavy atom. The standard InChI is InChI=1S/C12H18N2O5S2/c1-8(14-21(17,18)10-4-5-10)9-3-6-11(19-2)12(7-9)20(13,15)16/h3,6-8,10,14H,4-5H2,1-2H3,(H2,13,15,16). The van der Waals surface area contributed by atoms with Crippen molar-refractivity contribution in [2.75, 3.05) is 7.11 Å². The average Bonchev–Trinajstić information content (AvgIpc) is 3.21. The lowest BCUT2D eigenvalue weighted by Crippen LogP contribution is -2.30. The van der Waals surface area contributed by atoms with Gasteiger partial charge < -0.3 is 4.74 Å². The zero-order valence-electron chi connectivity index (χ0n) is 11.7. The smallest absolute Gasteiger partial charge is 0.241 e. The van der Waals surface area contributed by atoms with Crippen LogP contribution < -0.4 is 14.6 Å².